The van der Waals surface area contributed by atoms with Crippen LogP contribution in [0, 0.1) is 13.8 Å². The molecule has 0 saturated carbocycles. The number of benzene rings is 2. The number of hydrogen-bond acceptors (Lipinski definition) is 4. The molecule has 2 aromatic rings. The molecule has 1 amide bonds. The highest BCUT2D eigenvalue weighted by atomic mass is 16.5. The van der Waals surface area contributed by atoms with Crippen molar-refractivity contribution >= 4 is 11.6 Å². The average molecular weight is 370 g/mol. The Balaban J connectivity index is 2.11. The first-order chi connectivity index (χ1) is 13.0. The minimum absolute atomic E-state index is 0.129. The summed E-state index contributed by atoms with van der Waals surface area (Å²) in [6.07, 6.45) is 0. The first-order valence-corrected chi connectivity index (χ1v) is 9.40. The zero-order valence-corrected chi connectivity index (χ0v) is 17.0. The number of anilines is 1. The summed E-state index contributed by atoms with van der Waals surface area (Å²) in [7, 11) is 1.61. The number of rotatable bonds is 9. The number of aryl methyl sites for hydroxylation is 1. The number of methoxy groups -OCH3 is 1. The van der Waals surface area contributed by atoms with E-state index in [1.807, 2.05) is 50.2 Å². The highest BCUT2D eigenvalue weighted by Crippen LogP contribution is 2.30. The molecule has 0 saturated heterocycles. The number of ether oxygens (including phenoxy) is 2. The van der Waals surface area contributed by atoms with Crippen LogP contribution in [0.15, 0.2) is 36.4 Å². The van der Waals surface area contributed by atoms with Crippen LogP contribution in [0.1, 0.15) is 35.3 Å². The van der Waals surface area contributed by atoms with Crippen molar-refractivity contribution in [3.63, 3.8) is 0 Å². The lowest BCUT2D eigenvalue weighted by atomic mass is 10.0. The van der Waals surface area contributed by atoms with Crippen LogP contribution in [0.25, 0.3) is 0 Å². The van der Waals surface area contributed by atoms with E-state index in [0.717, 1.165) is 30.8 Å². The van der Waals surface area contributed by atoms with Gasteiger partial charge in [0.05, 0.1) is 7.11 Å². The van der Waals surface area contributed by atoms with Crippen LogP contribution in [0.2, 0.25) is 0 Å². The fourth-order valence-corrected chi connectivity index (χ4v) is 2.89. The number of nitrogens with zero attached hydrogens (tertiary/aromatic N) is 1. The summed E-state index contributed by atoms with van der Waals surface area (Å²) in [5.41, 5.74) is 3.44. The van der Waals surface area contributed by atoms with E-state index in [-0.39, 0.29) is 5.91 Å². The van der Waals surface area contributed by atoms with Crippen LogP contribution in [-0.2, 0) is 0 Å². The van der Waals surface area contributed by atoms with Crippen molar-refractivity contribution in [2.45, 2.75) is 27.7 Å². The molecule has 0 unspecified atom stereocenters. The Hall–Kier alpha value is -2.53. The van der Waals surface area contributed by atoms with Gasteiger partial charge in [0.25, 0.3) is 5.91 Å². The maximum Gasteiger partial charge on any atom is 0.255 e. The molecule has 0 aliphatic rings. The highest BCUT2D eigenvalue weighted by molar-refractivity contribution is 6.05. The molecule has 146 valence electrons. The third-order valence-corrected chi connectivity index (χ3v) is 4.83. The second-order valence-corrected chi connectivity index (χ2v) is 6.44. The van der Waals surface area contributed by atoms with Gasteiger partial charge in [-0.05, 0) is 56.3 Å². The van der Waals surface area contributed by atoms with Crippen molar-refractivity contribution in [2.75, 3.05) is 38.7 Å². The molecule has 2 aromatic carbocycles. The summed E-state index contributed by atoms with van der Waals surface area (Å²) in [5, 5.41) is 2.95. The summed E-state index contributed by atoms with van der Waals surface area (Å²) in [5.74, 6) is 1.15. The normalized spacial score (nSPS) is 10.7. The first kappa shape index (κ1) is 20.8. The number of carbonyl (C=O) groups excluding carboxylic acids is 1. The molecule has 0 radical (unpaired) electrons. The van der Waals surface area contributed by atoms with Gasteiger partial charge in [-0.2, -0.15) is 0 Å². The van der Waals surface area contributed by atoms with Gasteiger partial charge in [0.15, 0.2) is 11.5 Å². The minimum Gasteiger partial charge on any atom is -0.493 e. The fraction of sp³-hybridized carbons (Fsp3) is 0.409. The van der Waals surface area contributed by atoms with E-state index in [1.54, 1.807) is 7.11 Å². The average Bonchev–Trinajstić information content (AvgIpc) is 2.67. The summed E-state index contributed by atoms with van der Waals surface area (Å²) < 4.78 is 11.3. The molecule has 0 fully saturated rings. The Morgan fingerprint density at radius 2 is 1.81 bits per heavy atom. The van der Waals surface area contributed by atoms with Crippen molar-refractivity contribution in [2.24, 2.45) is 0 Å². The van der Waals surface area contributed by atoms with E-state index in [0.29, 0.717) is 29.4 Å². The molecule has 0 bridgehead atoms. The number of hydrogen-bond donors (Lipinski definition) is 1. The molecule has 1 N–H and O–H groups in total. The van der Waals surface area contributed by atoms with Gasteiger partial charge in [-0.3, -0.25) is 4.79 Å². The van der Waals surface area contributed by atoms with Crippen molar-refractivity contribution in [1.29, 1.82) is 0 Å². The minimum atomic E-state index is -0.129. The molecule has 0 aromatic heterocycles. The standard InChI is InChI=1S/C22H30N2O3/c1-6-24(7-2)13-14-27-21-15-18(11-12-20(21)26-5)23-22(25)19-10-8-9-16(3)17(19)4/h8-12,15H,6-7,13-14H2,1-5H3,(H,23,25). The number of amides is 1. The number of nitrogens with one attached hydrogen (secondary N) is 1. The van der Waals surface area contributed by atoms with Crippen molar-refractivity contribution < 1.29 is 14.3 Å². The lowest BCUT2D eigenvalue weighted by Gasteiger charge is -2.19. The van der Waals surface area contributed by atoms with Crippen LogP contribution >= 0.6 is 0 Å². The molecule has 0 aliphatic heterocycles. The van der Waals surface area contributed by atoms with Gasteiger partial charge in [-0.25, -0.2) is 0 Å². The summed E-state index contributed by atoms with van der Waals surface area (Å²) in [6, 6.07) is 11.2. The molecule has 5 nitrogen and oxygen atoms in total. The molecule has 0 atom stereocenters. The zero-order chi connectivity index (χ0) is 19.8. The molecule has 0 heterocycles. The Kier molecular flexibility index (Phi) is 7.67. The summed E-state index contributed by atoms with van der Waals surface area (Å²) in [6.45, 7) is 11.6. The zero-order valence-electron chi connectivity index (χ0n) is 17.0. The van der Waals surface area contributed by atoms with E-state index in [1.165, 1.54) is 0 Å². The smallest absolute Gasteiger partial charge is 0.255 e. The van der Waals surface area contributed by atoms with E-state index in [9.17, 15) is 4.79 Å². The Labute approximate surface area is 162 Å². The molecule has 2 rings (SSSR count). The summed E-state index contributed by atoms with van der Waals surface area (Å²) >= 11 is 0. The monoisotopic (exact) mass is 370 g/mol. The van der Waals surface area contributed by atoms with Crippen LogP contribution in [-0.4, -0.2) is 44.2 Å². The lowest BCUT2D eigenvalue weighted by molar-refractivity contribution is 0.102. The molecule has 0 spiro atoms. The van der Waals surface area contributed by atoms with Gasteiger partial charge < -0.3 is 19.7 Å². The molecular weight excluding hydrogens is 340 g/mol. The van der Waals surface area contributed by atoms with Gasteiger partial charge in [-0.1, -0.05) is 26.0 Å². The van der Waals surface area contributed by atoms with Crippen molar-refractivity contribution in [3.05, 3.63) is 53.1 Å². The quantitative estimate of drug-likeness (QED) is 0.716. The first-order valence-electron chi connectivity index (χ1n) is 9.40. The predicted octanol–water partition coefficient (Wildman–Crippen LogP) is 4.28. The second-order valence-electron chi connectivity index (χ2n) is 6.44. The van der Waals surface area contributed by atoms with Crippen LogP contribution in [0.3, 0.4) is 0 Å². The maximum atomic E-state index is 12.6. The molecule has 5 heteroatoms. The van der Waals surface area contributed by atoms with Gasteiger partial charge in [0, 0.05) is 23.9 Å². The molecule has 27 heavy (non-hydrogen) atoms. The Morgan fingerprint density at radius 3 is 2.48 bits per heavy atom. The SMILES string of the molecule is CCN(CC)CCOc1cc(NC(=O)c2cccc(C)c2C)ccc1OC. The fourth-order valence-electron chi connectivity index (χ4n) is 2.89. The topological polar surface area (TPSA) is 50.8 Å². The van der Waals surface area contributed by atoms with Crippen molar-refractivity contribution in [3.8, 4) is 11.5 Å². The van der Waals surface area contributed by atoms with E-state index < -0.39 is 0 Å². The van der Waals surface area contributed by atoms with E-state index in [2.05, 4.69) is 24.1 Å². The van der Waals surface area contributed by atoms with Crippen LogP contribution < -0.4 is 14.8 Å². The van der Waals surface area contributed by atoms with Crippen LogP contribution in [0.5, 0.6) is 11.5 Å². The third-order valence-electron chi connectivity index (χ3n) is 4.83. The van der Waals surface area contributed by atoms with Gasteiger partial charge >= 0.3 is 0 Å². The number of likely N-dealkylation sites (N-methyl/N-ethyl adjacent to an activating group) is 1. The largest absolute Gasteiger partial charge is 0.493 e. The van der Waals surface area contributed by atoms with Gasteiger partial charge in [0.1, 0.15) is 6.61 Å². The number of carbonyl (C=O) groups is 1. The Morgan fingerprint density at radius 1 is 1.07 bits per heavy atom. The van der Waals surface area contributed by atoms with Crippen LogP contribution in [0.4, 0.5) is 5.69 Å². The maximum absolute atomic E-state index is 12.6. The van der Waals surface area contributed by atoms with E-state index in [4.69, 9.17) is 9.47 Å². The summed E-state index contributed by atoms with van der Waals surface area (Å²) in [4.78, 5) is 14.9. The van der Waals surface area contributed by atoms with Gasteiger partial charge in [-0.15, -0.1) is 0 Å². The van der Waals surface area contributed by atoms with E-state index >= 15 is 0 Å². The van der Waals surface area contributed by atoms with Crippen molar-refractivity contribution in [1.82, 2.24) is 4.90 Å². The molecular formula is C22H30N2O3. The third kappa shape index (κ3) is 5.47. The molecule has 0 aliphatic carbocycles. The second kappa shape index (κ2) is 9.97. The predicted molar refractivity (Wildman–Crippen MR) is 110 cm³/mol. The Bertz CT molecular complexity index is 770. The lowest BCUT2D eigenvalue weighted by Crippen LogP contribution is -2.28. The highest BCUT2D eigenvalue weighted by Gasteiger charge is 2.13. The van der Waals surface area contributed by atoms with Gasteiger partial charge in [0.2, 0.25) is 0 Å².